The van der Waals surface area contributed by atoms with Crippen LogP contribution < -0.4 is 5.32 Å². The summed E-state index contributed by atoms with van der Waals surface area (Å²) in [5.41, 5.74) is 0. The van der Waals surface area contributed by atoms with E-state index < -0.39 is 0 Å². The normalized spacial score (nSPS) is 22.3. The highest BCUT2D eigenvalue weighted by atomic mass is 15.3. The zero-order valence-corrected chi connectivity index (χ0v) is 13.5. The highest BCUT2D eigenvalue weighted by molar-refractivity contribution is 4.79. The summed E-state index contributed by atoms with van der Waals surface area (Å²) < 4.78 is 0. The molecular weight excluding hydrogens is 236 g/mol. The molecule has 1 saturated heterocycles. The van der Waals surface area contributed by atoms with Crippen molar-refractivity contribution in [1.29, 1.82) is 0 Å². The Balaban J connectivity index is 2.06. The summed E-state index contributed by atoms with van der Waals surface area (Å²) in [6.45, 7) is 17.4. The summed E-state index contributed by atoms with van der Waals surface area (Å²) in [6.07, 6.45) is 1.27. The van der Waals surface area contributed by atoms with E-state index in [1.165, 1.54) is 39.1 Å². The van der Waals surface area contributed by atoms with Crippen LogP contribution >= 0.6 is 0 Å². The summed E-state index contributed by atoms with van der Waals surface area (Å²) >= 11 is 0. The molecule has 1 aliphatic rings. The minimum absolute atomic E-state index is 0.754. The van der Waals surface area contributed by atoms with Gasteiger partial charge in [0, 0.05) is 51.9 Å². The van der Waals surface area contributed by atoms with Gasteiger partial charge in [-0.3, -0.25) is 4.90 Å². The maximum Gasteiger partial charge on any atom is 0.0218 e. The maximum atomic E-state index is 3.58. The summed E-state index contributed by atoms with van der Waals surface area (Å²) in [5.74, 6) is 0. The molecule has 0 saturated carbocycles. The van der Waals surface area contributed by atoms with Gasteiger partial charge in [0.15, 0.2) is 0 Å². The van der Waals surface area contributed by atoms with Crippen LogP contribution in [0.2, 0.25) is 0 Å². The van der Waals surface area contributed by atoms with Gasteiger partial charge in [0.05, 0.1) is 0 Å². The third-order valence-corrected chi connectivity index (χ3v) is 4.44. The van der Waals surface area contributed by atoms with Crippen LogP contribution in [0.3, 0.4) is 0 Å². The van der Waals surface area contributed by atoms with E-state index in [2.05, 4.69) is 47.8 Å². The molecule has 1 rings (SSSR count). The Kier molecular flexibility index (Phi) is 8.62. The number of piperazine rings is 1. The summed E-state index contributed by atoms with van der Waals surface area (Å²) in [5, 5.41) is 3.58. The van der Waals surface area contributed by atoms with Crippen LogP contribution in [0.4, 0.5) is 0 Å². The van der Waals surface area contributed by atoms with Gasteiger partial charge in [-0.05, 0) is 26.6 Å². The van der Waals surface area contributed by atoms with Crippen molar-refractivity contribution < 1.29 is 0 Å². The van der Waals surface area contributed by atoms with Gasteiger partial charge in [-0.25, -0.2) is 0 Å². The topological polar surface area (TPSA) is 21.8 Å². The van der Waals surface area contributed by atoms with Crippen molar-refractivity contribution >= 4 is 0 Å². The van der Waals surface area contributed by atoms with Crippen LogP contribution in [0, 0.1) is 0 Å². The number of rotatable bonds is 9. The van der Waals surface area contributed by atoms with Gasteiger partial charge in [0.25, 0.3) is 0 Å². The quantitative estimate of drug-likeness (QED) is 0.630. The third kappa shape index (κ3) is 6.21. The lowest BCUT2D eigenvalue weighted by Gasteiger charge is -2.39. The Bertz CT molecular complexity index is 218. The van der Waals surface area contributed by atoms with E-state index in [0.29, 0.717) is 0 Å². The third-order valence-electron chi connectivity index (χ3n) is 4.44. The van der Waals surface area contributed by atoms with Crippen molar-refractivity contribution in [3.63, 3.8) is 0 Å². The first-order valence-corrected chi connectivity index (χ1v) is 8.06. The Morgan fingerprint density at radius 3 is 2.47 bits per heavy atom. The zero-order valence-electron chi connectivity index (χ0n) is 13.5. The van der Waals surface area contributed by atoms with Gasteiger partial charge in [-0.2, -0.15) is 0 Å². The average Bonchev–Trinajstić information content (AvgIpc) is 2.44. The standard InChI is InChI=1S/C15H34N4/c1-5-15-14-19(13-12-17(15)4)11-9-16-8-10-18(6-2)7-3/h15-16H,5-14H2,1-4H3. The average molecular weight is 270 g/mol. The van der Waals surface area contributed by atoms with Gasteiger partial charge in [0.2, 0.25) is 0 Å². The molecule has 1 fully saturated rings. The lowest BCUT2D eigenvalue weighted by Crippen LogP contribution is -2.52. The van der Waals surface area contributed by atoms with Crippen molar-refractivity contribution in [2.75, 3.05) is 66.0 Å². The lowest BCUT2D eigenvalue weighted by atomic mass is 10.1. The van der Waals surface area contributed by atoms with Crippen molar-refractivity contribution in [2.24, 2.45) is 0 Å². The van der Waals surface area contributed by atoms with Crippen LogP contribution in [-0.2, 0) is 0 Å². The molecule has 0 radical (unpaired) electrons. The molecule has 1 atom stereocenters. The Hall–Kier alpha value is -0.160. The molecule has 0 aromatic rings. The number of hydrogen-bond acceptors (Lipinski definition) is 4. The van der Waals surface area contributed by atoms with Gasteiger partial charge in [0.1, 0.15) is 0 Å². The van der Waals surface area contributed by atoms with Crippen LogP contribution in [0.5, 0.6) is 0 Å². The van der Waals surface area contributed by atoms with Crippen molar-refractivity contribution in [1.82, 2.24) is 20.0 Å². The second-order valence-corrected chi connectivity index (χ2v) is 5.62. The van der Waals surface area contributed by atoms with Crippen LogP contribution in [-0.4, -0.2) is 86.7 Å². The molecule has 1 unspecified atom stereocenters. The molecule has 0 amide bonds. The van der Waals surface area contributed by atoms with E-state index in [9.17, 15) is 0 Å². The minimum atomic E-state index is 0.754. The van der Waals surface area contributed by atoms with E-state index in [0.717, 1.165) is 32.2 Å². The second kappa shape index (κ2) is 9.70. The highest BCUT2D eigenvalue weighted by Gasteiger charge is 2.21. The van der Waals surface area contributed by atoms with Crippen molar-refractivity contribution in [3.8, 4) is 0 Å². The maximum absolute atomic E-state index is 3.58. The SMILES string of the molecule is CCC1CN(CCNCCN(CC)CC)CCN1C. The van der Waals surface area contributed by atoms with E-state index in [-0.39, 0.29) is 0 Å². The fraction of sp³-hybridized carbons (Fsp3) is 1.00. The molecule has 0 aromatic carbocycles. The molecule has 1 aliphatic heterocycles. The molecule has 0 spiro atoms. The molecule has 1 N–H and O–H groups in total. The fourth-order valence-electron chi connectivity index (χ4n) is 2.79. The van der Waals surface area contributed by atoms with Crippen LogP contribution in [0.1, 0.15) is 27.2 Å². The summed E-state index contributed by atoms with van der Waals surface area (Å²) in [6, 6.07) is 0.754. The Morgan fingerprint density at radius 1 is 1.11 bits per heavy atom. The summed E-state index contributed by atoms with van der Waals surface area (Å²) in [4.78, 5) is 7.58. The van der Waals surface area contributed by atoms with E-state index >= 15 is 0 Å². The predicted octanol–water partition coefficient (Wildman–Crippen LogP) is 0.944. The molecule has 0 aliphatic carbocycles. The van der Waals surface area contributed by atoms with E-state index in [1.54, 1.807) is 0 Å². The number of likely N-dealkylation sites (N-methyl/N-ethyl adjacent to an activating group) is 2. The summed E-state index contributed by atoms with van der Waals surface area (Å²) in [7, 11) is 2.26. The van der Waals surface area contributed by atoms with Gasteiger partial charge < -0.3 is 15.1 Å². The highest BCUT2D eigenvalue weighted by Crippen LogP contribution is 2.09. The Morgan fingerprint density at radius 2 is 1.84 bits per heavy atom. The Labute approximate surface area is 120 Å². The van der Waals surface area contributed by atoms with Gasteiger partial charge in [-0.1, -0.05) is 20.8 Å². The smallest absolute Gasteiger partial charge is 0.0218 e. The number of hydrogen-bond donors (Lipinski definition) is 1. The first kappa shape index (κ1) is 16.9. The largest absolute Gasteiger partial charge is 0.314 e. The molecule has 0 aromatic heterocycles. The molecule has 1 heterocycles. The van der Waals surface area contributed by atoms with Crippen LogP contribution in [0.15, 0.2) is 0 Å². The van der Waals surface area contributed by atoms with Crippen molar-refractivity contribution in [2.45, 2.75) is 33.2 Å². The lowest BCUT2D eigenvalue weighted by molar-refractivity contribution is 0.0938. The number of nitrogens with zero attached hydrogens (tertiary/aromatic N) is 3. The fourth-order valence-corrected chi connectivity index (χ4v) is 2.79. The van der Waals surface area contributed by atoms with Crippen LogP contribution in [0.25, 0.3) is 0 Å². The molecule has 4 heteroatoms. The first-order chi connectivity index (χ1) is 9.21. The predicted molar refractivity (Wildman–Crippen MR) is 83.8 cm³/mol. The molecule has 19 heavy (non-hydrogen) atoms. The van der Waals surface area contributed by atoms with Gasteiger partial charge in [-0.15, -0.1) is 0 Å². The van der Waals surface area contributed by atoms with Crippen molar-refractivity contribution in [3.05, 3.63) is 0 Å². The first-order valence-electron chi connectivity index (χ1n) is 8.06. The van der Waals surface area contributed by atoms with E-state index in [1.807, 2.05) is 0 Å². The molecule has 4 nitrogen and oxygen atoms in total. The molecular formula is C15H34N4. The molecule has 114 valence electrons. The minimum Gasteiger partial charge on any atom is -0.314 e. The molecule has 0 bridgehead atoms. The number of nitrogens with one attached hydrogen (secondary N) is 1. The monoisotopic (exact) mass is 270 g/mol. The van der Waals surface area contributed by atoms with Gasteiger partial charge >= 0.3 is 0 Å². The second-order valence-electron chi connectivity index (χ2n) is 5.62. The zero-order chi connectivity index (χ0) is 14.1. The van der Waals surface area contributed by atoms with E-state index in [4.69, 9.17) is 0 Å².